The Balaban J connectivity index is 1.17. The fourth-order valence-electron chi connectivity index (χ4n) is 6.76. The van der Waals surface area contributed by atoms with Crippen molar-refractivity contribution in [2.75, 3.05) is 46.9 Å². The third kappa shape index (κ3) is 5.38. The van der Waals surface area contributed by atoms with Gasteiger partial charge in [0.15, 0.2) is 0 Å². The molecule has 2 atom stereocenters. The Hall–Kier alpha value is -2.72. The molecule has 1 N–H and O–H groups in total. The van der Waals surface area contributed by atoms with Gasteiger partial charge in [-0.05, 0) is 45.2 Å². The summed E-state index contributed by atoms with van der Waals surface area (Å²) in [6.07, 6.45) is 4.12. The maximum Gasteiger partial charge on any atom is 0.243 e. The van der Waals surface area contributed by atoms with Gasteiger partial charge in [-0.1, -0.05) is 6.07 Å². The van der Waals surface area contributed by atoms with Crippen LogP contribution in [-0.2, 0) is 20.9 Å². The lowest BCUT2D eigenvalue weighted by atomic mass is 9.83. The maximum atomic E-state index is 14.5. The van der Waals surface area contributed by atoms with Gasteiger partial charge < -0.3 is 19.9 Å². The molecule has 1 spiro atoms. The Kier molecular flexibility index (Phi) is 7.64. The molecule has 4 saturated heterocycles. The highest BCUT2D eigenvalue weighted by atomic mass is 19.1. The number of likely N-dealkylation sites (N-methyl/N-ethyl adjacent to an activating group) is 1. The Morgan fingerprint density at radius 1 is 1.16 bits per heavy atom. The molecule has 1 aromatic carbocycles. The number of carbonyl (C=O) groups is 3. The predicted molar refractivity (Wildman–Crippen MR) is 140 cm³/mol. The zero-order valence-electron chi connectivity index (χ0n) is 22.7. The molecule has 10 heteroatoms. The number of piperidine rings is 2. The molecule has 0 saturated carbocycles. The number of nitrogens with one attached hydrogen (secondary N) is 1. The van der Waals surface area contributed by atoms with Gasteiger partial charge in [0, 0.05) is 69.9 Å². The van der Waals surface area contributed by atoms with Gasteiger partial charge in [-0.3, -0.25) is 24.2 Å². The molecule has 0 bridgehead atoms. The first kappa shape index (κ1) is 26.9. The van der Waals surface area contributed by atoms with Crippen LogP contribution in [0.5, 0.6) is 5.75 Å². The number of likely N-dealkylation sites (tertiary alicyclic amines) is 2. The summed E-state index contributed by atoms with van der Waals surface area (Å²) in [5.74, 6) is 0.330. The van der Waals surface area contributed by atoms with E-state index in [1.165, 1.54) is 13.2 Å². The summed E-state index contributed by atoms with van der Waals surface area (Å²) in [4.78, 5) is 46.7. The average molecular weight is 530 g/mol. The van der Waals surface area contributed by atoms with E-state index in [2.05, 4.69) is 22.2 Å². The molecule has 0 aromatic heterocycles. The lowest BCUT2D eigenvalue weighted by Crippen LogP contribution is -2.56. The number of benzene rings is 1. The SMILES string of the molecule is COc1ccc(CN2CCC3(CC2)CC(=O)N2C[C@@H](N(C)C4CCN(C(C)=O)CC4)C[C@H]2C(=O)N3)c(F)c1. The standard InChI is InChI=1S/C28H40FN5O4/c1-19(35)33-10-6-21(7-11-33)31(2)22-14-25-27(37)30-28(16-26(36)34(25)18-22)8-12-32(13-9-28)17-20-4-5-23(38-3)15-24(20)29/h4-5,15,21-22,25H,6-14,16-18H2,1-3H3,(H,30,37)/t22-,25-/m0/s1. The van der Waals surface area contributed by atoms with Gasteiger partial charge >= 0.3 is 0 Å². The van der Waals surface area contributed by atoms with Crippen LogP contribution >= 0.6 is 0 Å². The minimum atomic E-state index is -0.533. The smallest absolute Gasteiger partial charge is 0.243 e. The van der Waals surface area contributed by atoms with Crippen molar-refractivity contribution in [1.29, 1.82) is 0 Å². The summed E-state index contributed by atoms with van der Waals surface area (Å²) in [6, 6.07) is 4.98. The highest BCUT2D eigenvalue weighted by Gasteiger charge is 2.50. The fourth-order valence-corrected chi connectivity index (χ4v) is 6.76. The summed E-state index contributed by atoms with van der Waals surface area (Å²) >= 11 is 0. The minimum absolute atomic E-state index is 0.0466. The number of amides is 3. The summed E-state index contributed by atoms with van der Waals surface area (Å²) in [6.45, 7) is 5.56. The van der Waals surface area contributed by atoms with Gasteiger partial charge in [-0.25, -0.2) is 4.39 Å². The second-order valence-electron chi connectivity index (χ2n) is 11.5. The van der Waals surface area contributed by atoms with E-state index in [1.807, 2.05) is 4.90 Å². The number of carbonyl (C=O) groups excluding carboxylic acids is 3. The molecule has 0 radical (unpaired) electrons. The molecule has 3 amide bonds. The molecule has 208 valence electrons. The van der Waals surface area contributed by atoms with Gasteiger partial charge in [-0.2, -0.15) is 0 Å². The molecular formula is C28H40FN5O4. The lowest BCUT2D eigenvalue weighted by Gasteiger charge is -2.41. The number of nitrogens with zero attached hydrogens (tertiary/aromatic N) is 4. The van der Waals surface area contributed by atoms with Crippen molar-refractivity contribution in [3.8, 4) is 5.75 Å². The van der Waals surface area contributed by atoms with Gasteiger partial charge in [0.2, 0.25) is 17.7 Å². The number of hydrogen-bond donors (Lipinski definition) is 1. The summed E-state index contributed by atoms with van der Waals surface area (Å²) < 4.78 is 19.5. The van der Waals surface area contributed by atoms with Gasteiger partial charge in [0.05, 0.1) is 19.1 Å². The predicted octanol–water partition coefficient (Wildman–Crippen LogP) is 1.60. The van der Waals surface area contributed by atoms with Crippen LogP contribution in [0.25, 0.3) is 0 Å². The van der Waals surface area contributed by atoms with Crippen LogP contribution in [0.4, 0.5) is 4.39 Å². The first-order chi connectivity index (χ1) is 18.2. The van der Waals surface area contributed by atoms with Crippen LogP contribution in [0.3, 0.4) is 0 Å². The molecule has 38 heavy (non-hydrogen) atoms. The van der Waals surface area contributed by atoms with Crippen LogP contribution in [0.15, 0.2) is 18.2 Å². The van der Waals surface area contributed by atoms with Crippen molar-refractivity contribution in [3.05, 3.63) is 29.6 Å². The van der Waals surface area contributed by atoms with Crippen LogP contribution in [-0.4, -0.2) is 108 Å². The van der Waals surface area contributed by atoms with Crippen molar-refractivity contribution < 1.29 is 23.5 Å². The number of methoxy groups -OCH3 is 1. The van der Waals surface area contributed by atoms with Crippen LogP contribution < -0.4 is 10.1 Å². The van der Waals surface area contributed by atoms with Gasteiger partial charge in [0.1, 0.15) is 17.6 Å². The average Bonchev–Trinajstić information content (AvgIpc) is 3.33. The molecule has 1 aromatic rings. The van der Waals surface area contributed by atoms with Crippen molar-refractivity contribution in [2.45, 2.75) is 75.7 Å². The molecule has 0 unspecified atom stereocenters. The summed E-state index contributed by atoms with van der Waals surface area (Å²) in [7, 11) is 3.61. The first-order valence-corrected chi connectivity index (χ1v) is 13.8. The molecule has 9 nitrogen and oxygen atoms in total. The number of rotatable bonds is 5. The quantitative estimate of drug-likeness (QED) is 0.624. The van der Waals surface area contributed by atoms with Gasteiger partial charge in [0.25, 0.3) is 0 Å². The lowest BCUT2D eigenvalue weighted by molar-refractivity contribution is -0.136. The monoisotopic (exact) mass is 529 g/mol. The number of halogens is 1. The molecule has 4 aliphatic rings. The van der Waals surface area contributed by atoms with E-state index in [9.17, 15) is 18.8 Å². The zero-order chi connectivity index (χ0) is 27.0. The van der Waals surface area contributed by atoms with E-state index in [0.29, 0.717) is 69.2 Å². The van der Waals surface area contributed by atoms with E-state index >= 15 is 0 Å². The summed E-state index contributed by atoms with van der Waals surface area (Å²) in [5.41, 5.74) is 0.0828. The molecule has 5 rings (SSSR count). The highest BCUT2D eigenvalue weighted by Crippen LogP contribution is 2.35. The Morgan fingerprint density at radius 3 is 2.50 bits per heavy atom. The summed E-state index contributed by atoms with van der Waals surface area (Å²) in [5, 5.41) is 3.28. The Labute approximate surface area is 224 Å². The highest BCUT2D eigenvalue weighted by molar-refractivity contribution is 5.92. The Morgan fingerprint density at radius 2 is 1.87 bits per heavy atom. The van der Waals surface area contributed by atoms with Crippen LogP contribution in [0, 0.1) is 5.82 Å². The first-order valence-electron chi connectivity index (χ1n) is 13.8. The van der Waals surface area contributed by atoms with Crippen LogP contribution in [0.1, 0.15) is 51.0 Å². The molecule has 0 aliphatic carbocycles. The molecule has 4 heterocycles. The normalized spacial score (nSPS) is 26.4. The number of hydrogen-bond acceptors (Lipinski definition) is 6. The van der Waals surface area contributed by atoms with Crippen molar-refractivity contribution in [3.63, 3.8) is 0 Å². The van der Waals surface area contributed by atoms with E-state index in [1.54, 1.807) is 24.0 Å². The van der Waals surface area contributed by atoms with E-state index in [4.69, 9.17) is 4.74 Å². The fraction of sp³-hybridized carbons (Fsp3) is 0.679. The van der Waals surface area contributed by atoms with E-state index in [0.717, 1.165) is 25.9 Å². The molecule has 4 fully saturated rings. The van der Waals surface area contributed by atoms with Crippen LogP contribution in [0.2, 0.25) is 0 Å². The molecule has 4 aliphatic heterocycles. The largest absolute Gasteiger partial charge is 0.497 e. The molecular weight excluding hydrogens is 489 g/mol. The third-order valence-electron chi connectivity index (χ3n) is 9.31. The topological polar surface area (TPSA) is 85.4 Å². The Bertz CT molecular complexity index is 1040. The second kappa shape index (κ2) is 10.8. The van der Waals surface area contributed by atoms with Crippen molar-refractivity contribution in [2.24, 2.45) is 0 Å². The second-order valence-corrected chi connectivity index (χ2v) is 11.5. The van der Waals surface area contributed by atoms with E-state index < -0.39 is 11.6 Å². The van der Waals surface area contributed by atoms with Crippen molar-refractivity contribution >= 4 is 17.7 Å². The van der Waals surface area contributed by atoms with E-state index in [-0.39, 0.29) is 29.6 Å². The maximum absolute atomic E-state index is 14.5. The minimum Gasteiger partial charge on any atom is -0.497 e. The number of fused-ring (bicyclic) bond motifs is 1. The van der Waals surface area contributed by atoms with Crippen molar-refractivity contribution in [1.82, 2.24) is 24.9 Å². The zero-order valence-corrected chi connectivity index (χ0v) is 22.7. The third-order valence-corrected chi connectivity index (χ3v) is 9.31. The number of ether oxygens (including phenoxy) is 1. The van der Waals surface area contributed by atoms with Gasteiger partial charge in [-0.15, -0.1) is 0 Å².